The number of Topliss-reactive ketones (excluding diaryl/α,β-unsaturated/α-hetero) is 1. The van der Waals surface area contributed by atoms with Crippen LogP contribution < -0.4 is 4.57 Å². The fourth-order valence-corrected chi connectivity index (χ4v) is 2.80. The number of hydrogen-bond acceptors (Lipinski definition) is 2. The summed E-state index contributed by atoms with van der Waals surface area (Å²) in [6.07, 6.45) is 3.65. The largest absolute Gasteiger partial charge is 0.289 e. The molecule has 0 saturated heterocycles. The topological polar surface area (TPSA) is 25.9 Å². The van der Waals surface area contributed by atoms with Crippen LogP contribution in [0.4, 0.5) is 0 Å². The van der Waals surface area contributed by atoms with Gasteiger partial charge in [-0.1, -0.05) is 24.8 Å². The summed E-state index contributed by atoms with van der Waals surface area (Å²) in [6.45, 7) is 4.14. The minimum atomic E-state index is 0.131. The molecule has 0 aliphatic carbocycles. The number of hydrogen-bond donors (Lipinski definition) is 0. The van der Waals surface area contributed by atoms with Gasteiger partial charge in [0, 0.05) is 0 Å². The highest BCUT2D eigenvalue weighted by Gasteiger charge is 2.17. The number of fused-ring (bicyclic) bond motifs is 1. The molecule has 0 atom stereocenters. The smallest absolute Gasteiger partial charge is 0.249 e. The van der Waals surface area contributed by atoms with Gasteiger partial charge in [-0.25, -0.2) is 9.13 Å². The van der Waals surface area contributed by atoms with E-state index in [-0.39, 0.29) is 5.78 Å². The van der Waals surface area contributed by atoms with Gasteiger partial charge in [0.15, 0.2) is 17.6 Å². The number of para-hydroxylation sites is 2. The van der Waals surface area contributed by atoms with Gasteiger partial charge in [0.1, 0.15) is 0 Å². The number of rotatable bonds is 4. The maximum Gasteiger partial charge on any atom is 0.249 e. The van der Waals surface area contributed by atoms with Crippen molar-refractivity contribution in [2.75, 3.05) is 0 Å². The Labute approximate surface area is 115 Å². The molecule has 3 nitrogen and oxygen atoms in total. The summed E-state index contributed by atoms with van der Waals surface area (Å²) in [5.74, 6) is 0.131. The Kier molecular flexibility index (Phi) is 3.01. The number of carbonyl (C=O) groups is 1. The van der Waals surface area contributed by atoms with Gasteiger partial charge >= 0.3 is 0 Å². The van der Waals surface area contributed by atoms with Crippen molar-refractivity contribution in [1.82, 2.24) is 4.57 Å². The third-order valence-electron chi connectivity index (χ3n) is 3.04. The van der Waals surface area contributed by atoms with Gasteiger partial charge < -0.3 is 0 Å². The molecule has 0 fully saturated rings. The average molecular weight is 269 g/mol. The van der Waals surface area contributed by atoms with E-state index in [9.17, 15) is 4.79 Å². The van der Waals surface area contributed by atoms with E-state index in [0.717, 1.165) is 15.9 Å². The molecule has 4 heteroatoms. The lowest BCUT2D eigenvalue weighted by Gasteiger charge is -1.95. The number of thiophene rings is 1. The fourth-order valence-electron chi connectivity index (χ4n) is 2.14. The average Bonchev–Trinajstić information content (AvgIpc) is 3.07. The number of nitrogens with zero attached hydrogens (tertiary/aromatic N) is 2. The first-order valence-corrected chi connectivity index (χ1v) is 6.86. The molecular formula is C15H13N2OS+. The highest BCUT2D eigenvalue weighted by Crippen LogP contribution is 2.13. The van der Waals surface area contributed by atoms with Gasteiger partial charge in [0.2, 0.25) is 12.1 Å². The van der Waals surface area contributed by atoms with Gasteiger partial charge in [-0.3, -0.25) is 4.79 Å². The van der Waals surface area contributed by atoms with Crippen LogP contribution in [0.1, 0.15) is 9.67 Å². The first kappa shape index (κ1) is 11.9. The Morgan fingerprint density at radius 3 is 2.89 bits per heavy atom. The van der Waals surface area contributed by atoms with Crippen LogP contribution in [0.15, 0.2) is 54.7 Å². The molecule has 3 aromatic rings. The third-order valence-corrected chi connectivity index (χ3v) is 3.95. The van der Waals surface area contributed by atoms with Crippen LogP contribution in [0.2, 0.25) is 0 Å². The molecule has 0 N–H and O–H groups in total. The molecule has 19 heavy (non-hydrogen) atoms. The lowest BCUT2D eigenvalue weighted by atomic mass is 10.3. The highest BCUT2D eigenvalue weighted by molar-refractivity contribution is 7.12. The van der Waals surface area contributed by atoms with Crippen LogP contribution in [-0.4, -0.2) is 10.4 Å². The quantitative estimate of drug-likeness (QED) is 0.528. The molecule has 0 unspecified atom stereocenters. The van der Waals surface area contributed by atoms with Crippen molar-refractivity contribution in [3.05, 3.63) is 59.6 Å². The molecule has 0 aliphatic heterocycles. The minimum absolute atomic E-state index is 0.131. The molecule has 94 valence electrons. The Morgan fingerprint density at radius 1 is 1.32 bits per heavy atom. The number of benzene rings is 1. The van der Waals surface area contributed by atoms with E-state index in [1.165, 1.54) is 11.3 Å². The summed E-state index contributed by atoms with van der Waals surface area (Å²) in [7, 11) is 0. The standard InChI is InChI=1S/C15H13N2OS/c1-2-16-11-17(13-7-4-3-6-12(13)16)10-14(18)15-8-5-9-19-15/h2-9,11H,1,10H2/q+1. The van der Waals surface area contributed by atoms with Crippen molar-refractivity contribution in [2.45, 2.75) is 6.54 Å². The van der Waals surface area contributed by atoms with E-state index < -0.39 is 0 Å². The summed E-state index contributed by atoms with van der Waals surface area (Å²) in [5, 5.41) is 1.92. The summed E-state index contributed by atoms with van der Waals surface area (Å²) in [6, 6.07) is 11.7. The first-order chi connectivity index (χ1) is 9.29. The second kappa shape index (κ2) is 4.82. The number of ketones is 1. The van der Waals surface area contributed by atoms with Crippen LogP contribution in [0.25, 0.3) is 17.2 Å². The van der Waals surface area contributed by atoms with Crippen LogP contribution >= 0.6 is 11.3 Å². The van der Waals surface area contributed by atoms with Crippen molar-refractivity contribution in [2.24, 2.45) is 0 Å². The SMILES string of the molecule is C=Cn1c[n+](CC(=O)c2cccs2)c2ccccc21. The van der Waals surface area contributed by atoms with Crippen molar-refractivity contribution in [3.8, 4) is 0 Å². The number of aromatic nitrogens is 2. The normalized spacial score (nSPS) is 10.7. The summed E-state index contributed by atoms with van der Waals surface area (Å²) in [5.41, 5.74) is 2.09. The zero-order valence-corrected chi connectivity index (χ0v) is 11.1. The Hall–Kier alpha value is -2.20. The predicted octanol–water partition coefficient (Wildman–Crippen LogP) is 2.97. The molecule has 3 rings (SSSR count). The molecular weight excluding hydrogens is 256 g/mol. The maximum atomic E-state index is 12.2. The third kappa shape index (κ3) is 2.11. The zero-order valence-electron chi connectivity index (χ0n) is 10.3. The molecule has 0 spiro atoms. The second-order valence-corrected chi connectivity index (χ2v) is 5.17. The number of carbonyl (C=O) groups excluding carboxylic acids is 1. The van der Waals surface area contributed by atoms with Crippen molar-refractivity contribution < 1.29 is 9.36 Å². The Bertz CT molecular complexity index is 741. The molecule has 0 aliphatic rings. The zero-order chi connectivity index (χ0) is 13.2. The molecule has 0 amide bonds. The van der Waals surface area contributed by atoms with Crippen LogP contribution in [0, 0.1) is 0 Å². The van der Waals surface area contributed by atoms with Crippen LogP contribution in [0.3, 0.4) is 0 Å². The van der Waals surface area contributed by atoms with E-state index in [1.54, 1.807) is 6.20 Å². The lowest BCUT2D eigenvalue weighted by molar-refractivity contribution is -0.657. The Balaban J connectivity index is 2.01. The van der Waals surface area contributed by atoms with E-state index in [4.69, 9.17) is 0 Å². The molecule has 1 aromatic carbocycles. The van der Waals surface area contributed by atoms with Gasteiger partial charge in [-0.05, 0) is 23.6 Å². The molecule has 2 heterocycles. The molecule has 0 radical (unpaired) electrons. The van der Waals surface area contributed by atoms with Gasteiger partial charge in [0.25, 0.3) is 0 Å². The van der Waals surface area contributed by atoms with E-state index >= 15 is 0 Å². The van der Waals surface area contributed by atoms with Crippen LogP contribution in [-0.2, 0) is 6.54 Å². The number of imidazole rings is 1. The van der Waals surface area contributed by atoms with Crippen molar-refractivity contribution >= 4 is 34.4 Å². The molecule has 2 aromatic heterocycles. The fraction of sp³-hybridized carbons (Fsp3) is 0.0667. The van der Waals surface area contributed by atoms with Gasteiger partial charge in [-0.15, -0.1) is 11.3 Å². The minimum Gasteiger partial charge on any atom is -0.289 e. The highest BCUT2D eigenvalue weighted by atomic mass is 32.1. The monoisotopic (exact) mass is 269 g/mol. The predicted molar refractivity (Wildman–Crippen MR) is 77.2 cm³/mol. The van der Waals surface area contributed by atoms with E-state index in [0.29, 0.717) is 6.54 Å². The van der Waals surface area contributed by atoms with Crippen molar-refractivity contribution in [3.63, 3.8) is 0 Å². The summed E-state index contributed by atoms with van der Waals surface area (Å²) in [4.78, 5) is 13.0. The van der Waals surface area contributed by atoms with Crippen molar-refractivity contribution in [1.29, 1.82) is 0 Å². The van der Waals surface area contributed by atoms with Gasteiger partial charge in [0.05, 0.1) is 11.1 Å². The molecule has 0 bridgehead atoms. The Morgan fingerprint density at radius 2 is 2.16 bits per heavy atom. The maximum absolute atomic E-state index is 12.2. The summed E-state index contributed by atoms with van der Waals surface area (Å²) >= 11 is 1.48. The summed E-state index contributed by atoms with van der Waals surface area (Å²) < 4.78 is 3.89. The lowest BCUT2D eigenvalue weighted by Crippen LogP contribution is -2.36. The van der Waals surface area contributed by atoms with E-state index in [2.05, 4.69) is 6.58 Å². The van der Waals surface area contributed by atoms with Crippen LogP contribution in [0.5, 0.6) is 0 Å². The van der Waals surface area contributed by atoms with Gasteiger partial charge in [-0.2, -0.15) is 0 Å². The first-order valence-electron chi connectivity index (χ1n) is 5.98. The molecule has 0 saturated carbocycles. The second-order valence-electron chi connectivity index (χ2n) is 4.22. The van der Waals surface area contributed by atoms with E-state index in [1.807, 2.05) is 57.2 Å².